The second kappa shape index (κ2) is 37.7. The van der Waals surface area contributed by atoms with E-state index in [1.165, 1.54) is 6.08 Å². The Labute approximate surface area is 535 Å². The minimum absolute atomic E-state index is 0. The summed E-state index contributed by atoms with van der Waals surface area (Å²) < 4.78 is 530. The molecule has 0 atom stereocenters. The Balaban J connectivity index is -0.000000142. The molecule has 48 heteroatoms. The van der Waals surface area contributed by atoms with Gasteiger partial charge in [0.15, 0.2) is 0 Å². The monoisotopic (exact) mass is 1740 g/mol. The Morgan fingerprint density at radius 2 is 0.539 bits per heavy atom. The van der Waals surface area contributed by atoms with Crippen molar-refractivity contribution in [3.63, 3.8) is 0 Å². The minimum Gasteiger partial charge on any atom is -1.00 e. The summed E-state index contributed by atoms with van der Waals surface area (Å²) in [6, 6.07) is 0. The third-order valence-electron chi connectivity index (χ3n) is 10.3. The zero-order chi connectivity index (χ0) is 70.3. The summed E-state index contributed by atoms with van der Waals surface area (Å²) in [5.41, 5.74) is -36.7. The number of hydrogen-bond acceptors (Lipinski definition) is 1. The van der Waals surface area contributed by atoms with Crippen molar-refractivity contribution in [2.24, 2.45) is 11.8 Å². The maximum absolute atomic E-state index is 13.7. The molecule has 0 aromatic heterocycles. The van der Waals surface area contributed by atoms with Gasteiger partial charge in [-0.05, 0) is 44.9 Å². The van der Waals surface area contributed by atoms with Crippen LogP contribution >= 0.6 is 55.5 Å². The predicted molar refractivity (Wildman–Crippen MR) is 247 cm³/mol. The largest absolute Gasteiger partial charge is 2.00 e. The van der Waals surface area contributed by atoms with Gasteiger partial charge in [0, 0.05) is 61.0 Å². The molecule has 89 heavy (non-hydrogen) atoms. The third-order valence-corrected chi connectivity index (χ3v) is 11.8. The topological polar surface area (TPSA) is 9.23 Å². The van der Waals surface area contributed by atoms with Crippen molar-refractivity contribution in [2.45, 2.75) is 191 Å². The van der Waals surface area contributed by atoms with Crippen molar-refractivity contribution < 1.29 is 206 Å². The van der Waals surface area contributed by atoms with Crippen LogP contribution < -0.4 is 17.0 Å². The van der Waals surface area contributed by atoms with Gasteiger partial charge in [-0.25, -0.2) is 45.9 Å². The molecule has 0 N–H and O–H groups in total. The molecule has 0 unspecified atom stereocenters. The molecule has 0 rings (SSSR count). The molecular weight excluding hydrogens is 1700 g/mol. The van der Waals surface area contributed by atoms with Gasteiger partial charge >= 0.3 is 97.2 Å². The summed E-state index contributed by atoms with van der Waals surface area (Å²) in [5, 5.41) is -0.252. The van der Waals surface area contributed by atoms with E-state index in [1.807, 2.05) is 13.8 Å². The van der Waals surface area contributed by atoms with Crippen LogP contribution in [-0.2, 0) is 4.74 Å². The third kappa shape index (κ3) is 29.7. The molecule has 0 saturated heterocycles. The summed E-state index contributed by atoms with van der Waals surface area (Å²) >= 11 is 2.89. The van der Waals surface area contributed by atoms with Gasteiger partial charge in [-0.15, -0.1) is 23.6 Å². The fraction of sp³-hybridized carbons (Fsp3) is 0.878. The van der Waals surface area contributed by atoms with Crippen molar-refractivity contribution >= 4 is 78.6 Å². The van der Waals surface area contributed by atoms with Crippen molar-refractivity contribution in [3.8, 4) is 0 Å². The Morgan fingerprint density at radius 3 is 0.663 bits per heavy atom. The predicted octanol–water partition coefficient (Wildman–Crippen LogP) is 20.0. The Bertz CT molecular complexity index is 1720. The van der Waals surface area contributed by atoms with Crippen LogP contribution in [0.2, 0.25) is 0 Å². The van der Waals surface area contributed by atoms with E-state index in [0.29, 0.717) is 6.08 Å². The summed E-state index contributed by atoms with van der Waals surface area (Å²) in [4.78, 5) is 0. The van der Waals surface area contributed by atoms with Crippen LogP contribution in [0.3, 0.4) is 0 Å². The molecule has 0 heterocycles. The smallest absolute Gasteiger partial charge is 1.00 e. The normalized spacial score (nSPS) is 14.2. The molecule has 0 amide bonds. The van der Waals surface area contributed by atoms with Gasteiger partial charge in [-0.2, -0.15) is 158 Å². The second-order valence-electron chi connectivity index (χ2n) is 16.8. The summed E-state index contributed by atoms with van der Waals surface area (Å²) in [6.07, 6.45) is -98.7. The number of rotatable bonds is 19. The summed E-state index contributed by atoms with van der Waals surface area (Å²) in [7, 11) is 0. The Hall–Kier alpha value is -0.694. The summed E-state index contributed by atoms with van der Waals surface area (Å²) in [6.45, 7) is 14.9. The molecule has 0 aliphatic rings. The van der Waals surface area contributed by atoms with E-state index in [2.05, 4.69) is 36.0 Å². The zero-order valence-electron chi connectivity index (χ0n) is 43.0. The molecule has 0 fully saturated rings. The maximum atomic E-state index is 13.7. The molecule has 0 aliphatic heterocycles. The van der Waals surface area contributed by atoms with Gasteiger partial charge in [-0.1, -0.05) is 52.0 Å². The molecule has 0 radical (unpaired) electrons. The second-order valence-corrected chi connectivity index (χ2v) is 19.3. The fourth-order valence-corrected chi connectivity index (χ4v) is 7.48. The molecule has 0 spiro atoms. The number of hydrogen-bond donors (Lipinski definition) is 0. The molecule has 0 bridgehead atoms. The van der Waals surface area contributed by atoms with E-state index < -0.39 is 182 Å². The first kappa shape index (κ1) is 107. The molecule has 0 aliphatic carbocycles. The SMILES string of the molecule is Br.C.C=CCC(CC(F)(C(F)(F)F)C(F)(F)F)CC(F)(C(F)(F)F)C(F)(F)F.C=C[CH2-].CCOCC.FC(F)(F)C(F)(CC(CCCBr)CC(F)(C(F)(F)F)C(F)(F)F)C(F)(F)F.FC(F)(F)C(F)(CC(I)CC(F)(C(F)(F)F)C(F)(F)F)C(F)(F)F.[Br-].[Mg+2]. The van der Waals surface area contributed by atoms with Gasteiger partial charge in [0.2, 0.25) is 0 Å². The maximum Gasteiger partial charge on any atom is 2.00 e. The summed E-state index contributed by atoms with van der Waals surface area (Å²) in [5.74, 6) is -5.84. The average Bonchev–Trinajstić information content (AvgIpc) is 3.22. The first-order valence-electron chi connectivity index (χ1n) is 21.4. The van der Waals surface area contributed by atoms with Crippen LogP contribution in [0.5, 0.6) is 0 Å². The van der Waals surface area contributed by atoms with E-state index >= 15 is 0 Å². The van der Waals surface area contributed by atoms with Gasteiger partial charge in [0.05, 0.1) is 0 Å². The van der Waals surface area contributed by atoms with Crippen molar-refractivity contribution in [1.82, 2.24) is 0 Å². The Morgan fingerprint density at radius 1 is 0.382 bits per heavy atom. The van der Waals surface area contributed by atoms with Crippen LogP contribution in [-0.4, -0.2) is 154 Å². The van der Waals surface area contributed by atoms with Crippen LogP contribution in [0.15, 0.2) is 25.3 Å². The van der Waals surface area contributed by atoms with E-state index in [-0.39, 0.29) is 92.4 Å². The van der Waals surface area contributed by atoms with Gasteiger partial charge in [-0.3, -0.25) is 0 Å². The number of alkyl halides is 44. The molecule has 0 aromatic carbocycles. The van der Waals surface area contributed by atoms with E-state index in [0.717, 1.165) is 13.2 Å². The van der Waals surface area contributed by atoms with E-state index in [1.54, 1.807) is 0 Å². The average molecular weight is 1740 g/mol. The molecule has 0 saturated carbocycles. The van der Waals surface area contributed by atoms with Crippen LogP contribution in [0.25, 0.3) is 0 Å². The first-order chi connectivity index (χ1) is 36.7. The number of allylic oxidation sites excluding steroid dienone is 2. The van der Waals surface area contributed by atoms with Gasteiger partial charge in [0.25, 0.3) is 34.0 Å². The van der Waals surface area contributed by atoms with Crippen molar-refractivity contribution in [1.29, 1.82) is 0 Å². The first-order valence-corrected chi connectivity index (χ1v) is 23.8. The Kier molecular flexibility index (Phi) is 45.4. The minimum atomic E-state index is -6.71. The van der Waals surface area contributed by atoms with Gasteiger partial charge in [0.1, 0.15) is 0 Å². The van der Waals surface area contributed by atoms with E-state index in [4.69, 9.17) is 4.74 Å². The fourth-order valence-electron chi connectivity index (χ4n) is 5.95. The standard InChI is InChI=1S/C12H11BrF14.C12H10F14.C9H5F14I.C4H10O.C3H5.CH4.2BrH.Mg/c13-3-1-2-6(4-7(14,9(16,17)18)10(19,20)21)5-8(15,11(22,23)24)12(25,26)27;1-2-3-6(4-7(13,9(15,16)17)10(18,19)20)5-8(14,11(21,22)23)12(24,25)26;10-4(6(12,13)14,7(15,16)17)1-3(24)2-5(11,8(18,19)20)9(21,22)23;1-3-5-4-2;1-3-2;;;;/h6H,1-5H2;2,6H,1,3-5H2;3H,1-2H2;3-4H2,1-2H3;3H,1-2H2;1H4;2*1H;/q;;;;-1;;;;+2/p-1. The van der Waals surface area contributed by atoms with Crippen LogP contribution in [0, 0.1) is 18.8 Å². The van der Waals surface area contributed by atoms with Crippen molar-refractivity contribution in [3.05, 3.63) is 32.2 Å². The van der Waals surface area contributed by atoms with Gasteiger partial charge < -0.3 is 21.7 Å². The molecular formula is C41H46Br3F42IMgO. The molecule has 1 nitrogen and oxygen atoms in total. The number of ether oxygens (including phenoxy) is 1. The van der Waals surface area contributed by atoms with Crippen LogP contribution in [0.4, 0.5) is 184 Å². The van der Waals surface area contributed by atoms with E-state index in [9.17, 15) is 184 Å². The molecule has 0 aromatic rings. The quantitative estimate of drug-likeness (QED) is 0.0313. The molecule has 540 valence electrons. The van der Waals surface area contributed by atoms with Crippen molar-refractivity contribution in [2.75, 3.05) is 18.5 Å². The zero-order valence-corrected chi connectivity index (χ0v) is 51.5. The number of halogens is 46. The van der Waals surface area contributed by atoms with Crippen LogP contribution in [0.1, 0.15) is 79.1 Å².